The second-order valence-corrected chi connectivity index (χ2v) is 5.21. The fourth-order valence-corrected chi connectivity index (χ4v) is 2.94. The van der Waals surface area contributed by atoms with Crippen LogP contribution >= 0.6 is 11.3 Å². The number of nitrogen functional groups attached to an aromatic ring is 1. The number of fused-ring (bicyclic) bond motifs is 1. The molecule has 3 rings (SSSR count). The normalized spacial score (nSPS) is 10.7. The van der Waals surface area contributed by atoms with Crippen LogP contribution in [-0.2, 0) is 0 Å². The summed E-state index contributed by atoms with van der Waals surface area (Å²) in [7, 11) is 0. The largest absolute Gasteiger partial charge is 0.398 e. The summed E-state index contributed by atoms with van der Waals surface area (Å²) in [6.45, 7) is 0. The van der Waals surface area contributed by atoms with E-state index in [2.05, 4.69) is 4.98 Å². The lowest BCUT2D eigenvalue weighted by Crippen LogP contribution is -2.13. The van der Waals surface area contributed by atoms with Gasteiger partial charge >= 0.3 is 0 Å². The predicted octanol–water partition coefficient (Wildman–Crippen LogP) is 2.64. The lowest BCUT2D eigenvalue weighted by Gasteiger charge is -2.04. The van der Waals surface area contributed by atoms with Gasteiger partial charge < -0.3 is 11.5 Å². The third-order valence-corrected chi connectivity index (χ3v) is 4.01. The Bertz CT molecular complexity index is 746. The Balaban J connectivity index is 2.16. The van der Waals surface area contributed by atoms with E-state index in [1.54, 1.807) is 29.7 Å². The molecule has 0 atom stereocenters. The maximum absolute atomic E-state index is 11.3. The van der Waals surface area contributed by atoms with Crippen molar-refractivity contribution in [3.05, 3.63) is 48.2 Å². The Labute approximate surface area is 113 Å². The Morgan fingerprint density at radius 1 is 1.21 bits per heavy atom. The molecular weight excluding hydrogens is 258 g/mol. The molecule has 0 bridgehead atoms. The van der Waals surface area contributed by atoms with Gasteiger partial charge in [-0.1, -0.05) is 12.1 Å². The molecule has 0 spiro atoms. The summed E-state index contributed by atoms with van der Waals surface area (Å²) in [5.74, 6) is -0.515. The molecule has 1 amide bonds. The van der Waals surface area contributed by atoms with Gasteiger partial charge in [-0.05, 0) is 29.8 Å². The minimum Gasteiger partial charge on any atom is -0.398 e. The van der Waals surface area contributed by atoms with Crippen LogP contribution in [0.5, 0.6) is 0 Å². The highest BCUT2D eigenvalue weighted by Gasteiger charge is 2.10. The van der Waals surface area contributed by atoms with Crippen LogP contribution < -0.4 is 11.5 Å². The maximum atomic E-state index is 11.3. The molecule has 0 aliphatic heterocycles. The van der Waals surface area contributed by atoms with E-state index in [1.807, 2.05) is 24.3 Å². The molecule has 2 aromatic heterocycles. The van der Waals surface area contributed by atoms with Crippen molar-refractivity contribution < 1.29 is 4.79 Å². The van der Waals surface area contributed by atoms with E-state index in [0.717, 1.165) is 20.7 Å². The molecule has 1 aromatic carbocycles. The SMILES string of the molecule is NC(=O)c1cc(-c2cc3cccnc3s2)ccc1N. The van der Waals surface area contributed by atoms with Gasteiger partial charge in [0.05, 0.1) is 5.56 Å². The highest BCUT2D eigenvalue weighted by molar-refractivity contribution is 7.21. The lowest BCUT2D eigenvalue weighted by atomic mass is 10.1. The van der Waals surface area contributed by atoms with Gasteiger partial charge in [0.1, 0.15) is 4.83 Å². The van der Waals surface area contributed by atoms with Gasteiger partial charge in [-0.3, -0.25) is 4.79 Å². The number of rotatable bonds is 2. The third-order valence-electron chi connectivity index (χ3n) is 2.90. The van der Waals surface area contributed by atoms with Crippen molar-refractivity contribution in [1.29, 1.82) is 0 Å². The number of primary amides is 1. The van der Waals surface area contributed by atoms with Crippen molar-refractivity contribution in [2.75, 3.05) is 5.73 Å². The number of carbonyl (C=O) groups is 1. The fraction of sp³-hybridized carbons (Fsp3) is 0. The first-order chi connectivity index (χ1) is 9.15. The highest BCUT2D eigenvalue weighted by Crippen LogP contribution is 2.33. The second kappa shape index (κ2) is 4.37. The number of nitrogens with two attached hydrogens (primary N) is 2. The Morgan fingerprint density at radius 2 is 2.05 bits per heavy atom. The van der Waals surface area contributed by atoms with Crippen LogP contribution in [0, 0.1) is 0 Å². The van der Waals surface area contributed by atoms with Gasteiger partial charge in [-0.25, -0.2) is 4.98 Å². The molecule has 3 aromatic rings. The van der Waals surface area contributed by atoms with Crippen molar-refractivity contribution >= 4 is 33.1 Å². The van der Waals surface area contributed by atoms with E-state index in [1.165, 1.54) is 0 Å². The molecule has 4 nitrogen and oxygen atoms in total. The van der Waals surface area contributed by atoms with E-state index in [4.69, 9.17) is 11.5 Å². The van der Waals surface area contributed by atoms with Crippen LogP contribution in [0.1, 0.15) is 10.4 Å². The number of anilines is 1. The summed E-state index contributed by atoms with van der Waals surface area (Å²) in [5.41, 5.74) is 12.7. The molecule has 0 radical (unpaired) electrons. The Morgan fingerprint density at radius 3 is 2.79 bits per heavy atom. The first-order valence-corrected chi connectivity index (χ1v) is 6.51. The molecule has 0 aliphatic rings. The van der Waals surface area contributed by atoms with Gasteiger partial charge in [0, 0.05) is 22.1 Å². The maximum Gasteiger partial charge on any atom is 0.250 e. The fourth-order valence-electron chi connectivity index (χ4n) is 1.94. The Kier molecular flexibility index (Phi) is 2.68. The van der Waals surface area contributed by atoms with Gasteiger partial charge in [-0.2, -0.15) is 0 Å². The smallest absolute Gasteiger partial charge is 0.250 e. The summed E-state index contributed by atoms with van der Waals surface area (Å²) in [6, 6.07) is 11.3. The summed E-state index contributed by atoms with van der Waals surface area (Å²) in [4.78, 5) is 17.6. The number of benzene rings is 1. The van der Waals surface area contributed by atoms with Crippen LogP contribution in [0.4, 0.5) is 5.69 Å². The van der Waals surface area contributed by atoms with E-state index in [0.29, 0.717) is 11.3 Å². The predicted molar refractivity (Wildman–Crippen MR) is 78.0 cm³/mol. The summed E-state index contributed by atoms with van der Waals surface area (Å²) >= 11 is 1.57. The van der Waals surface area contributed by atoms with Crippen molar-refractivity contribution in [3.63, 3.8) is 0 Å². The van der Waals surface area contributed by atoms with Crippen molar-refractivity contribution in [1.82, 2.24) is 4.98 Å². The molecule has 0 aliphatic carbocycles. The lowest BCUT2D eigenvalue weighted by molar-refractivity contribution is 0.100. The molecule has 0 fully saturated rings. The van der Waals surface area contributed by atoms with Gasteiger partial charge in [0.15, 0.2) is 0 Å². The minimum absolute atomic E-state index is 0.350. The van der Waals surface area contributed by atoms with E-state index < -0.39 is 5.91 Å². The summed E-state index contributed by atoms with van der Waals surface area (Å²) < 4.78 is 0. The zero-order valence-electron chi connectivity index (χ0n) is 9.96. The molecule has 2 heterocycles. The van der Waals surface area contributed by atoms with Crippen LogP contribution in [0.25, 0.3) is 20.7 Å². The number of aromatic nitrogens is 1. The van der Waals surface area contributed by atoms with Gasteiger partial charge in [0.2, 0.25) is 0 Å². The number of carbonyl (C=O) groups excluding carboxylic acids is 1. The van der Waals surface area contributed by atoms with Crippen LogP contribution in [0.2, 0.25) is 0 Å². The van der Waals surface area contributed by atoms with Crippen molar-refractivity contribution in [2.45, 2.75) is 0 Å². The van der Waals surface area contributed by atoms with E-state index in [-0.39, 0.29) is 0 Å². The second-order valence-electron chi connectivity index (χ2n) is 4.17. The number of amides is 1. The van der Waals surface area contributed by atoms with Crippen LogP contribution in [0.3, 0.4) is 0 Å². The zero-order valence-corrected chi connectivity index (χ0v) is 10.8. The monoisotopic (exact) mass is 269 g/mol. The zero-order chi connectivity index (χ0) is 13.4. The number of nitrogens with zero attached hydrogens (tertiary/aromatic N) is 1. The van der Waals surface area contributed by atoms with Crippen molar-refractivity contribution in [3.8, 4) is 10.4 Å². The summed E-state index contributed by atoms with van der Waals surface area (Å²) in [6.07, 6.45) is 1.76. The number of hydrogen-bond donors (Lipinski definition) is 2. The molecule has 94 valence electrons. The standard InChI is InChI=1S/C14H11N3OS/c15-11-4-3-8(6-10(11)13(16)18)12-7-9-2-1-5-17-14(9)19-12/h1-7H,15H2,(H2,16,18). The van der Waals surface area contributed by atoms with Crippen LogP contribution in [0.15, 0.2) is 42.6 Å². The molecule has 4 N–H and O–H groups in total. The number of hydrogen-bond acceptors (Lipinski definition) is 4. The van der Waals surface area contributed by atoms with Crippen LogP contribution in [-0.4, -0.2) is 10.9 Å². The third kappa shape index (κ3) is 2.04. The number of pyridine rings is 1. The quantitative estimate of drug-likeness (QED) is 0.702. The molecule has 0 saturated heterocycles. The molecule has 0 unspecified atom stereocenters. The highest BCUT2D eigenvalue weighted by atomic mass is 32.1. The van der Waals surface area contributed by atoms with E-state index in [9.17, 15) is 4.79 Å². The minimum atomic E-state index is -0.515. The first-order valence-electron chi connectivity index (χ1n) is 5.69. The molecule has 19 heavy (non-hydrogen) atoms. The average Bonchev–Trinajstić information content (AvgIpc) is 2.82. The van der Waals surface area contributed by atoms with Gasteiger partial charge in [-0.15, -0.1) is 11.3 Å². The van der Waals surface area contributed by atoms with Crippen molar-refractivity contribution in [2.24, 2.45) is 5.73 Å². The number of thiophene rings is 1. The van der Waals surface area contributed by atoms with E-state index >= 15 is 0 Å². The molecule has 5 heteroatoms. The molecule has 0 saturated carbocycles. The van der Waals surface area contributed by atoms with Gasteiger partial charge in [0.25, 0.3) is 5.91 Å². The summed E-state index contributed by atoms with van der Waals surface area (Å²) in [5, 5.41) is 1.08. The Hall–Kier alpha value is -2.40. The molecular formula is C14H11N3OS. The average molecular weight is 269 g/mol. The first kappa shape index (κ1) is 11.7. The topological polar surface area (TPSA) is 82.0 Å².